The molecule has 3 aromatic rings. The molecular weight excluding hydrogens is 358 g/mol. The third-order valence-corrected chi connectivity index (χ3v) is 6.00. The molecule has 0 amide bonds. The SMILES string of the molecule is COC(=O)CCc1cc(C)c(NC2CCCC2)c(-c2ccc3ccccc3c2)c1. The van der Waals surface area contributed by atoms with Crippen LogP contribution in [0.2, 0.25) is 0 Å². The van der Waals surface area contributed by atoms with Crippen molar-refractivity contribution in [3.05, 3.63) is 65.7 Å². The van der Waals surface area contributed by atoms with Gasteiger partial charge in [-0.2, -0.15) is 0 Å². The number of hydrogen-bond acceptors (Lipinski definition) is 3. The molecule has 4 rings (SSSR count). The van der Waals surface area contributed by atoms with Crippen molar-refractivity contribution < 1.29 is 9.53 Å². The molecule has 0 spiro atoms. The van der Waals surface area contributed by atoms with Crippen LogP contribution in [0.1, 0.15) is 43.2 Å². The highest BCUT2D eigenvalue weighted by atomic mass is 16.5. The summed E-state index contributed by atoms with van der Waals surface area (Å²) in [5.74, 6) is -0.164. The Bertz CT molecular complexity index is 1020. The number of hydrogen-bond donors (Lipinski definition) is 1. The fraction of sp³-hybridized carbons (Fsp3) is 0.346. The zero-order valence-electron chi connectivity index (χ0n) is 17.3. The average molecular weight is 388 g/mol. The van der Waals surface area contributed by atoms with E-state index >= 15 is 0 Å². The number of anilines is 1. The van der Waals surface area contributed by atoms with Crippen molar-refractivity contribution in [3.63, 3.8) is 0 Å². The molecule has 0 atom stereocenters. The second-order valence-electron chi connectivity index (χ2n) is 8.10. The summed E-state index contributed by atoms with van der Waals surface area (Å²) in [6.45, 7) is 2.17. The zero-order chi connectivity index (χ0) is 20.2. The highest BCUT2D eigenvalue weighted by molar-refractivity contribution is 5.90. The fourth-order valence-corrected chi connectivity index (χ4v) is 4.41. The van der Waals surface area contributed by atoms with Gasteiger partial charge in [-0.1, -0.05) is 55.3 Å². The lowest BCUT2D eigenvalue weighted by Gasteiger charge is -2.21. The van der Waals surface area contributed by atoms with Crippen molar-refractivity contribution in [2.75, 3.05) is 12.4 Å². The lowest BCUT2D eigenvalue weighted by molar-refractivity contribution is -0.140. The fourth-order valence-electron chi connectivity index (χ4n) is 4.41. The molecule has 1 aliphatic carbocycles. The molecule has 1 saturated carbocycles. The molecule has 0 bridgehead atoms. The van der Waals surface area contributed by atoms with E-state index in [4.69, 9.17) is 4.74 Å². The Kier molecular flexibility index (Phi) is 5.84. The molecule has 3 aromatic carbocycles. The van der Waals surface area contributed by atoms with E-state index in [0.717, 1.165) is 0 Å². The van der Waals surface area contributed by atoms with Crippen LogP contribution in [0.4, 0.5) is 5.69 Å². The summed E-state index contributed by atoms with van der Waals surface area (Å²) in [5.41, 5.74) is 6.08. The van der Waals surface area contributed by atoms with Crippen LogP contribution < -0.4 is 5.32 Å². The second kappa shape index (κ2) is 8.69. The summed E-state index contributed by atoms with van der Waals surface area (Å²) in [4.78, 5) is 11.6. The van der Waals surface area contributed by atoms with Crippen molar-refractivity contribution in [2.24, 2.45) is 0 Å². The molecule has 0 radical (unpaired) electrons. The summed E-state index contributed by atoms with van der Waals surface area (Å²) >= 11 is 0. The summed E-state index contributed by atoms with van der Waals surface area (Å²) in [7, 11) is 1.45. The molecule has 1 N–H and O–H groups in total. The number of nitrogens with one attached hydrogen (secondary N) is 1. The van der Waals surface area contributed by atoms with Crippen LogP contribution in [0.25, 0.3) is 21.9 Å². The summed E-state index contributed by atoms with van der Waals surface area (Å²) in [6, 6.07) is 20.2. The molecule has 29 heavy (non-hydrogen) atoms. The van der Waals surface area contributed by atoms with E-state index in [1.807, 2.05) is 0 Å². The Morgan fingerprint density at radius 3 is 2.55 bits per heavy atom. The van der Waals surface area contributed by atoms with Crippen LogP contribution in [0.5, 0.6) is 0 Å². The molecule has 1 aliphatic rings. The van der Waals surface area contributed by atoms with Crippen LogP contribution in [0, 0.1) is 6.92 Å². The van der Waals surface area contributed by atoms with Crippen molar-refractivity contribution in [1.29, 1.82) is 0 Å². The first-order chi connectivity index (χ1) is 14.1. The first-order valence-corrected chi connectivity index (χ1v) is 10.6. The van der Waals surface area contributed by atoms with Gasteiger partial charge in [0.25, 0.3) is 0 Å². The number of rotatable bonds is 6. The number of fused-ring (bicyclic) bond motifs is 1. The zero-order valence-corrected chi connectivity index (χ0v) is 17.3. The maximum absolute atomic E-state index is 11.6. The summed E-state index contributed by atoms with van der Waals surface area (Å²) < 4.78 is 4.83. The molecular formula is C26H29NO2. The first kappa shape index (κ1) is 19.5. The van der Waals surface area contributed by atoms with E-state index in [1.165, 1.54) is 71.5 Å². The Morgan fingerprint density at radius 1 is 1.03 bits per heavy atom. The van der Waals surface area contributed by atoms with Crippen molar-refractivity contribution in [1.82, 2.24) is 0 Å². The van der Waals surface area contributed by atoms with Crippen LogP contribution in [0.15, 0.2) is 54.6 Å². The third kappa shape index (κ3) is 4.45. The lowest BCUT2D eigenvalue weighted by atomic mass is 9.93. The Hall–Kier alpha value is -2.81. The van der Waals surface area contributed by atoms with Gasteiger partial charge >= 0.3 is 5.97 Å². The van der Waals surface area contributed by atoms with Gasteiger partial charge in [-0.25, -0.2) is 0 Å². The number of esters is 1. The summed E-state index contributed by atoms with van der Waals surface area (Å²) in [6.07, 6.45) is 6.18. The van der Waals surface area contributed by atoms with E-state index in [0.29, 0.717) is 18.9 Å². The maximum atomic E-state index is 11.6. The molecule has 0 aromatic heterocycles. The van der Waals surface area contributed by atoms with Gasteiger partial charge in [-0.05, 0) is 65.8 Å². The number of methoxy groups -OCH3 is 1. The van der Waals surface area contributed by atoms with E-state index in [1.54, 1.807) is 0 Å². The highest BCUT2D eigenvalue weighted by Gasteiger charge is 2.19. The number of ether oxygens (including phenoxy) is 1. The number of aryl methyl sites for hydroxylation is 2. The third-order valence-electron chi connectivity index (χ3n) is 6.00. The molecule has 0 aliphatic heterocycles. The van der Waals surface area contributed by atoms with Crippen LogP contribution in [0.3, 0.4) is 0 Å². The van der Waals surface area contributed by atoms with Gasteiger partial charge < -0.3 is 10.1 Å². The second-order valence-corrected chi connectivity index (χ2v) is 8.10. The van der Waals surface area contributed by atoms with Crippen LogP contribution in [-0.2, 0) is 16.0 Å². The van der Waals surface area contributed by atoms with E-state index < -0.39 is 0 Å². The predicted molar refractivity (Wildman–Crippen MR) is 120 cm³/mol. The number of carbonyl (C=O) groups excluding carboxylic acids is 1. The highest BCUT2D eigenvalue weighted by Crippen LogP contribution is 2.36. The van der Waals surface area contributed by atoms with Gasteiger partial charge in [0, 0.05) is 23.7 Å². The molecule has 150 valence electrons. The van der Waals surface area contributed by atoms with Gasteiger partial charge in [0.2, 0.25) is 0 Å². The molecule has 1 fully saturated rings. The quantitative estimate of drug-likeness (QED) is 0.506. The van der Waals surface area contributed by atoms with Crippen LogP contribution in [-0.4, -0.2) is 19.1 Å². The van der Waals surface area contributed by atoms with Gasteiger partial charge in [0.15, 0.2) is 0 Å². The van der Waals surface area contributed by atoms with Gasteiger partial charge in [0.1, 0.15) is 0 Å². The summed E-state index contributed by atoms with van der Waals surface area (Å²) in [5, 5.41) is 6.33. The van der Waals surface area contributed by atoms with E-state index in [2.05, 4.69) is 66.8 Å². The molecule has 0 saturated heterocycles. The molecule has 3 heteroatoms. The lowest BCUT2D eigenvalue weighted by Crippen LogP contribution is -2.16. The van der Waals surface area contributed by atoms with Crippen molar-refractivity contribution in [3.8, 4) is 11.1 Å². The van der Waals surface area contributed by atoms with Crippen molar-refractivity contribution >= 4 is 22.4 Å². The first-order valence-electron chi connectivity index (χ1n) is 10.6. The van der Waals surface area contributed by atoms with Gasteiger partial charge in [0.05, 0.1) is 7.11 Å². The topological polar surface area (TPSA) is 38.3 Å². The molecule has 3 nitrogen and oxygen atoms in total. The van der Waals surface area contributed by atoms with Gasteiger partial charge in [-0.15, -0.1) is 0 Å². The Labute approximate surface area is 173 Å². The molecule has 0 unspecified atom stereocenters. The normalized spacial score (nSPS) is 14.3. The minimum atomic E-state index is -0.164. The van der Waals surface area contributed by atoms with Gasteiger partial charge in [-0.3, -0.25) is 4.79 Å². The van der Waals surface area contributed by atoms with E-state index in [9.17, 15) is 4.79 Å². The predicted octanol–water partition coefficient (Wildman–Crippen LogP) is 6.28. The Morgan fingerprint density at radius 2 is 1.79 bits per heavy atom. The van der Waals surface area contributed by atoms with E-state index in [-0.39, 0.29) is 5.97 Å². The standard InChI is InChI=1S/C26H29NO2/c1-18-15-19(11-14-25(28)29-2)16-24(26(18)27-23-9-5-6-10-23)22-13-12-20-7-3-4-8-21(20)17-22/h3-4,7-8,12-13,15-17,23,27H,5-6,9-11,14H2,1-2H3. The van der Waals surface area contributed by atoms with Crippen molar-refractivity contribution in [2.45, 2.75) is 51.5 Å². The molecule has 0 heterocycles. The minimum absolute atomic E-state index is 0.164. The maximum Gasteiger partial charge on any atom is 0.305 e. The largest absolute Gasteiger partial charge is 0.469 e. The number of carbonyl (C=O) groups is 1. The minimum Gasteiger partial charge on any atom is -0.469 e. The number of benzene rings is 3. The van der Waals surface area contributed by atoms with Crippen LogP contribution >= 0.6 is 0 Å². The Balaban J connectivity index is 1.75. The monoisotopic (exact) mass is 387 g/mol. The average Bonchev–Trinajstić information content (AvgIpc) is 3.26. The smallest absolute Gasteiger partial charge is 0.305 e.